The molecule has 0 aliphatic carbocycles. The second-order valence-corrected chi connectivity index (χ2v) is 6.41. The fourth-order valence-corrected chi connectivity index (χ4v) is 3.41. The molecule has 0 saturated carbocycles. The van der Waals surface area contributed by atoms with E-state index in [-0.39, 0.29) is 0 Å². The zero-order valence-electron chi connectivity index (χ0n) is 14.4. The van der Waals surface area contributed by atoms with Gasteiger partial charge in [0.25, 0.3) is 0 Å². The van der Waals surface area contributed by atoms with E-state index in [2.05, 4.69) is 58.5 Å². The van der Waals surface area contributed by atoms with E-state index >= 15 is 0 Å². The van der Waals surface area contributed by atoms with Crippen LogP contribution in [0, 0.1) is 20.8 Å². The van der Waals surface area contributed by atoms with Gasteiger partial charge < -0.3 is 10.2 Å². The van der Waals surface area contributed by atoms with E-state index in [0.29, 0.717) is 0 Å². The number of rotatable bonds is 2. The average Bonchev–Trinajstić information content (AvgIpc) is 2.94. The number of nitrogens with zero attached hydrogens (tertiary/aromatic N) is 5. The van der Waals surface area contributed by atoms with Crippen molar-refractivity contribution in [3.8, 4) is 5.69 Å². The molecule has 1 aliphatic heterocycles. The average molecular weight is 322 g/mol. The van der Waals surface area contributed by atoms with Crippen molar-refractivity contribution in [2.75, 3.05) is 31.1 Å². The lowest BCUT2D eigenvalue weighted by Crippen LogP contribution is -2.44. The third-order valence-corrected chi connectivity index (χ3v) is 4.65. The molecule has 1 fully saturated rings. The molecule has 24 heavy (non-hydrogen) atoms. The minimum absolute atomic E-state index is 0.895. The Hall–Kier alpha value is -2.47. The van der Waals surface area contributed by atoms with E-state index in [4.69, 9.17) is 5.10 Å². The van der Waals surface area contributed by atoms with Crippen LogP contribution in [0.25, 0.3) is 16.6 Å². The van der Waals surface area contributed by atoms with Crippen molar-refractivity contribution in [3.05, 3.63) is 41.2 Å². The van der Waals surface area contributed by atoms with Gasteiger partial charge in [0.15, 0.2) is 5.82 Å². The first-order chi connectivity index (χ1) is 11.6. The molecule has 3 aromatic rings. The van der Waals surface area contributed by atoms with Crippen LogP contribution in [0.1, 0.15) is 17.0 Å². The predicted molar refractivity (Wildman–Crippen MR) is 96.0 cm³/mol. The molecule has 6 heteroatoms. The van der Waals surface area contributed by atoms with Gasteiger partial charge >= 0.3 is 0 Å². The van der Waals surface area contributed by atoms with Gasteiger partial charge in [-0.1, -0.05) is 12.1 Å². The third kappa shape index (κ3) is 2.43. The monoisotopic (exact) mass is 322 g/mol. The summed E-state index contributed by atoms with van der Waals surface area (Å²) in [6.45, 7) is 10.0. The quantitative estimate of drug-likeness (QED) is 0.783. The molecule has 6 nitrogen and oxygen atoms in total. The molecule has 124 valence electrons. The molecule has 0 radical (unpaired) electrons. The molecular weight excluding hydrogens is 300 g/mol. The van der Waals surface area contributed by atoms with Crippen LogP contribution in [0.5, 0.6) is 0 Å². The minimum Gasteiger partial charge on any atom is -0.351 e. The Balaban J connectivity index is 1.91. The van der Waals surface area contributed by atoms with Crippen LogP contribution in [-0.4, -0.2) is 46.2 Å². The molecule has 0 unspecified atom stereocenters. The van der Waals surface area contributed by atoms with Crippen LogP contribution < -0.4 is 10.2 Å². The first-order valence-electron chi connectivity index (χ1n) is 8.40. The van der Waals surface area contributed by atoms with Crippen LogP contribution >= 0.6 is 0 Å². The van der Waals surface area contributed by atoms with Crippen molar-refractivity contribution in [1.82, 2.24) is 25.3 Å². The van der Waals surface area contributed by atoms with Crippen LogP contribution in [0.3, 0.4) is 0 Å². The van der Waals surface area contributed by atoms with Gasteiger partial charge in [0.1, 0.15) is 5.52 Å². The summed E-state index contributed by atoms with van der Waals surface area (Å²) in [7, 11) is 0. The second kappa shape index (κ2) is 5.87. The summed E-state index contributed by atoms with van der Waals surface area (Å²) in [4.78, 5) is 2.28. The number of benzene rings is 1. The van der Waals surface area contributed by atoms with Gasteiger partial charge in [-0.05, 0) is 38.5 Å². The highest BCUT2D eigenvalue weighted by Crippen LogP contribution is 2.29. The SMILES string of the molecule is Cc1cccc(-n2nc3c(N4CCNCC4)nnc(C)c3c2C)c1. The maximum atomic E-state index is 4.91. The molecule has 0 spiro atoms. The Bertz CT molecular complexity index is 892. The van der Waals surface area contributed by atoms with Crippen molar-refractivity contribution >= 4 is 16.7 Å². The Labute approximate surface area is 141 Å². The standard InChI is InChI=1S/C18H22N6/c1-12-5-4-6-15(11-12)24-14(3)16-13(2)20-21-18(17(16)22-24)23-9-7-19-8-10-23/h4-6,11,19H,7-10H2,1-3H3. The predicted octanol–water partition coefficient (Wildman–Crippen LogP) is 2.15. The first kappa shape index (κ1) is 15.1. The van der Waals surface area contributed by atoms with Gasteiger partial charge in [-0.25, -0.2) is 4.68 Å². The largest absolute Gasteiger partial charge is 0.351 e. The summed E-state index contributed by atoms with van der Waals surface area (Å²) in [6.07, 6.45) is 0. The van der Waals surface area contributed by atoms with Crippen molar-refractivity contribution in [1.29, 1.82) is 0 Å². The summed E-state index contributed by atoms with van der Waals surface area (Å²) in [5, 5.41) is 18.3. The van der Waals surface area contributed by atoms with E-state index in [1.807, 2.05) is 11.6 Å². The van der Waals surface area contributed by atoms with Crippen LogP contribution in [0.15, 0.2) is 24.3 Å². The number of hydrogen-bond donors (Lipinski definition) is 1. The molecule has 0 amide bonds. The molecule has 0 atom stereocenters. The van der Waals surface area contributed by atoms with Gasteiger partial charge in [0, 0.05) is 26.2 Å². The number of nitrogens with one attached hydrogen (secondary N) is 1. The molecule has 1 N–H and O–H groups in total. The van der Waals surface area contributed by atoms with Gasteiger partial charge in [0.2, 0.25) is 0 Å². The second-order valence-electron chi connectivity index (χ2n) is 6.41. The van der Waals surface area contributed by atoms with Crippen LogP contribution in [-0.2, 0) is 0 Å². The van der Waals surface area contributed by atoms with E-state index < -0.39 is 0 Å². The Morgan fingerprint density at radius 2 is 1.83 bits per heavy atom. The Kier molecular flexibility index (Phi) is 3.69. The maximum absolute atomic E-state index is 4.91. The maximum Gasteiger partial charge on any atom is 0.179 e. The van der Waals surface area contributed by atoms with E-state index in [0.717, 1.165) is 60.0 Å². The molecule has 1 saturated heterocycles. The third-order valence-electron chi connectivity index (χ3n) is 4.65. The zero-order valence-corrected chi connectivity index (χ0v) is 14.4. The Morgan fingerprint density at radius 3 is 2.58 bits per heavy atom. The first-order valence-corrected chi connectivity index (χ1v) is 8.40. The highest BCUT2D eigenvalue weighted by molar-refractivity contribution is 5.92. The number of hydrogen-bond acceptors (Lipinski definition) is 5. The van der Waals surface area contributed by atoms with Crippen molar-refractivity contribution < 1.29 is 0 Å². The fourth-order valence-electron chi connectivity index (χ4n) is 3.41. The molecule has 1 aromatic carbocycles. The highest BCUT2D eigenvalue weighted by atomic mass is 15.3. The molecule has 3 heterocycles. The molecule has 1 aliphatic rings. The summed E-state index contributed by atoms with van der Waals surface area (Å²) in [5.41, 5.74) is 5.29. The van der Waals surface area contributed by atoms with Crippen LogP contribution in [0.4, 0.5) is 5.82 Å². The van der Waals surface area contributed by atoms with E-state index in [1.54, 1.807) is 0 Å². The van der Waals surface area contributed by atoms with Gasteiger partial charge in [-0.15, -0.1) is 5.10 Å². The lowest BCUT2D eigenvalue weighted by Gasteiger charge is -2.28. The van der Waals surface area contributed by atoms with Crippen molar-refractivity contribution in [2.24, 2.45) is 0 Å². The molecule has 0 bridgehead atoms. The fraction of sp³-hybridized carbons (Fsp3) is 0.389. The lowest BCUT2D eigenvalue weighted by atomic mass is 10.2. The molecule has 2 aromatic heterocycles. The molecular formula is C18H22N6. The van der Waals surface area contributed by atoms with Crippen molar-refractivity contribution in [3.63, 3.8) is 0 Å². The van der Waals surface area contributed by atoms with Crippen LogP contribution in [0.2, 0.25) is 0 Å². The van der Waals surface area contributed by atoms with Gasteiger partial charge in [-0.3, -0.25) is 0 Å². The zero-order chi connectivity index (χ0) is 16.7. The smallest absolute Gasteiger partial charge is 0.179 e. The molecule has 4 rings (SSSR count). The number of anilines is 1. The minimum atomic E-state index is 0.895. The van der Waals surface area contributed by atoms with E-state index in [9.17, 15) is 0 Å². The van der Waals surface area contributed by atoms with Crippen molar-refractivity contribution in [2.45, 2.75) is 20.8 Å². The van der Waals surface area contributed by atoms with Gasteiger partial charge in [-0.2, -0.15) is 10.2 Å². The summed E-state index contributed by atoms with van der Waals surface area (Å²) >= 11 is 0. The van der Waals surface area contributed by atoms with Gasteiger partial charge in [0.05, 0.1) is 22.5 Å². The topological polar surface area (TPSA) is 58.9 Å². The number of aryl methyl sites for hydroxylation is 3. The van der Waals surface area contributed by atoms with E-state index in [1.165, 1.54) is 5.56 Å². The number of aromatic nitrogens is 4. The summed E-state index contributed by atoms with van der Waals surface area (Å²) in [6, 6.07) is 8.41. The summed E-state index contributed by atoms with van der Waals surface area (Å²) < 4.78 is 2.01. The number of piperazine rings is 1. The highest BCUT2D eigenvalue weighted by Gasteiger charge is 2.21. The Morgan fingerprint density at radius 1 is 1.04 bits per heavy atom. The lowest BCUT2D eigenvalue weighted by molar-refractivity contribution is 0.583. The normalized spacial score (nSPS) is 15.2. The summed E-state index contributed by atoms with van der Waals surface area (Å²) in [5.74, 6) is 0.895. The number of fused-ring (bicyclic) bond motifs is 1.